The Balaban J connectivity index is 1.99. The maximum atomic E-state index is 12.4. The minimum absolute atomic E-state index is 0.0940. The van der Waals surface area contributed by atoms with Crippen LogP contribution in [-0.4, -0.2) is 31.0 Å². The van der Waals surface area contributed by atoms with E-state index >= 15 is 0 Å². The molecule has 0 spiro atoms. The first-order valence-corrected chi connectivity index (χ1v) is 7.77. The van der Waals surface area contributed by atoms with Gasteiger partial charge in [0.25, 0.3) is 0 Å². The summed E-state index contributed by atoms with van der Waals surface area (Å²) in [5.74, 6) is 0.715. The second-order valence-electron chi connectivity index (χ2n) is 5.41. The Labute approximate surface area is 142 Å². The number of para-hydroxylation sites is 1. The normalized spacial score (nSPS) is 12.0. The van der Waals surface area contributed by atoms with E-state index < -0.39 is 0 Å². The molecule has 122 valence electrons. The Kier molecular flexibility index (Phi) is 6.02. The van der Waals surface area contributed by atoms with E-state index in [1.54, 1.807) is 19.2 Å². The Bertz CT molecular complexity index is 676. The van der Waals surface area contributed by atoms with Gasteiger partial charge in [0.2, 0.25) is 5.91 Å². The molecule has 0 aromatic heterocycles. The standard InChI is InChI=1S/C18H21ClN2O2/c1-13(18(22)20-17-10-5-4-9-16(17)19)21(2)12-14-7-6-8-15(11-14)23-3/h4-11,13H,12H2,1-3H3,(H,20,22)/t13-/m0/s1. The Hall–Kier alpha value is -2.04. The van der Waals surface area contributed by atoms with Crippen LogP contribution in [-0.2, 0) is 11.3 Å². The van der Waals surface area contributed by atoms with Gasteiger partial charge in [0.15, 0.2) is 0 Å². The zero-order chi connectivity index (χ0) is 16.8. The summed E-state index contributed by atoms with van der Waals surface area (Å²) >= 11 is 6.07. The molecule has 0 radical (unpaired) electrons. The van der Waals surface area contributed by atoms with Crippen molar-refractivity contribution in [3.63, 3.8) is 0 Å². The molecule has 0 aliphatic rings. The number of hydrogen-bond donors (Lipinski definition) is 1. The molecule has 1 amide bonds. The lowest BCUT2D eigenvalue weighted by molar-refractivity contribution is -0.120. The highest BCUT2D eigenvalue weighted by atomic mass is 35.5. The third-order valence-electron chi connectivity index (χ3n) is 3.74. The fourth-order valence-electron chi connectivity index (χ4n) is 2.20. The van der Waals surface area contributed by atoms with E-state index in [-0.39, 0.29) is 11.9 Å². The third kappa shape index (κ3) is 4.71. The minimum atomic E-state index is -0.294. The number of anilines is 1. The topological polar surface area (TPSA) is 41.6 Å². The number of halogens is 1. The molecule has 23 heavy (non-hydrogen) atoms. The molecule has 2 aromatic carbocycles. The van der Waals surface area contributed by atoms with E-state index in [4.69, 9.17) is 16.3 Å². The number of nitrogens with one attached hydrogen (secondary N) is 1. The molecular formula is C18H21ClN2O2. The summed E-state index contributed by atoms with van der Waals surface area (Å²) < 4.78 is 5.22. The average Bonchev–Trinajstić information content (AvgIpc) is 2.56. The first-order chi connectivity index (χ1) is 11.0. The molecule has 0 unspecified atom stereocenters. The molecule has 0 saturated carbocycles. The predicted molar refractivity (Wildman–Crippen MR) is 94.0 cm³/mol. The molecule has 1 N–H and O–H groups in total. The van der Waals surface area contributed by atoms with E-state index in [2.05, 4.69) is 5.32 Å². The van der Waals surface area contributed by atoms with E-state index in [9.17, 15) is 4.79 Å². The molecule has 0 aliphatic heterocycles. The lowest BCUT2D eigenvalue weighted by Gasteiger charge is -2.24. The van der Waals surface area contributed by atoms with Crippen molar-refractivity contribution in [1.29, 1.82) is 0 Å². The van der Waals surface area contributed by atoms with Crippen LogP contribution < -0.4 is 10.1 Å². The number of carbonyl (C=O) groups excluding carboxylic acids is 1. The highest BCUT2D eigenvalue weighted by Crippen LogP contribution is 2.21. The monoisotopic (exact) mass is 332 g/mol. The SMILES string of the molecule is COc1cccc(CN(C)[C@@H](C)C(=O)Nc2ccccc2Cl)c1. The average molecular weight is 333 g/mol. The van der Waals surface area contributed by atoms with Crippen molar-refractivity contribution >= 4 is 23.2 Å². The highest BCUT2D eigenvalue weighted by Gasteiger charge is 2.19. The first-order valence-electron chi connectivity index (χ1n) is 7.40. The molecule has 0 saturated heterocycles. The maximum Gasteiger partial charge on any atom is 0.241 e. The van der Waals surface area contributed by atoms with Crippen molar-refractivity contribution < 1.29 is 9.53 Å². The summed E-state index contributed by atoms with van der Waals surface area (Å²) in [6, 6.07) is 14.7. The minimum Gasteiger partial charge on any atom is -0.497 e. The predicted octanol–water partition coefficient (Wildman–Crippen LogP) is 3.81. The fraction of sp³-hybridized carbons (Fsp3) is 0.278. The van der Waals surface area contributed by atoms with Gasteiger partial charge in [-0.05, 0) is 43.8 Å². The van der Waals surface area contributed by atoms with Gasteiger partial charge in [-0.25, -0.2) is 0 Å². The number of benzene rings is 2. The van der Waals surface area contributed by atoms with Crippen LogP contribution >= 0.6 is 11.6 Å². The van der Waals surface area contributed by atoms with Gasteiger partial charge in [-0.15, -0.1) is 0 Å². The first kappa shape index (κ1) is 17.3. The number of ether oxygens (including phenoxy) is 1. The van der Waals surface area contributed by atoms with E-state index in [0.717, 1.165) is 11.3 Å². The van der Waals surface area contributed by atoms with Gasteiger partial charge in [0.1, 0.15) is 5.75 Å². The third-order valence-corrected chi connectivity index (χ3v) is 4.07. The van der Waals surface area contributed by atoms with Crippen molar-refractivity contribution in [1.82, 2.24) is 4.90 Å². The van der Waals surface area contributed by atoms with Gasteiger partial charge < -0.3 is 10.1 Å². The van der Waals surface area contributed by atoms with Gasteiger partial charge >= 0.3 is 0 Å². The van der Waals surface area contributed by atoms with E-state index in [0.29, 0.717) is 17.3 Å². The second-order valence-corrected chi connectivity index (χ2v) is 5.82. The smallest absolute Gasteiger partial charge is 0.241 e. The fourth-order valence-corrected chi connectivity index (χ4v) is 2.38. The number of methoxy groups -OCH3 is 1. The lowest BCUT2D eigenvalue weighted by Crippen LogP contribution is -2.39. The van der Waals surface area contributed by atoms with Gasteiger partial charge in [0, 0.05) is 6.54 Å². The molecule has 0 heterocycles. The van der Waals surface area contributed by atoms with Gasteiger partial charge in [-0.2, -0.15) is 0 Å². The van der Waals surface area contributed by atoms with Gasteiger partial charge in [0.05, 0.1) is 23.9 Å². The molecule has 1 atom stereocenters. The zero-order valence-electron chi connectivity index (χ0n) is 13.5. The summed E-state index contributed by atoms with van der Waals surface area (Å²) in [7, 11) is 3.55. The zero-order valence-corrected chi connectivity index (χ0v) is 14.3. The quantitative estimate of drug-likeness (QED) is 0.874. The molecular weight excluding hydrogens is 312 g/mol. The summed E-state index contributed by atoms with van der Waals surface area (Å²) in [6.45, 7) is 2.51. The van der Waals surface area contributed by atoms with E-state index in [1.165, 1.54) is 0 Å². The Morgan fingerprint density at radius 2 is 2.00 bits per heavy atom. The lowest BCUT2D eigenvalue weighted by atomic mass is 10.1. The Morgan fingerprint density at radius 3 is 2.70 bits per heavy atom. The molecule has 5 heteroatoms. The van der Waals surface area contributed by atoms with Crippen LogP contribution in [0.5, 0.6) is 5.75 Å². The molecule has 4 nitrogen and oxygen atoms in total. The van der Waals surface area contributed by atoms with Crippen molar-refractivity contribution in [2.45, 2.75) is 19.5 Å². The maximum absolute atomic E-state index is 12.4. The second kappa shape index (κ2) is 7.99. The molecule has 0 aliphatic carbocycles. The van der Waals surface area contributed by atoms with E-state index in [1.807, 2.05) is 55.3 Å². The van der Waals surface area contributed by atoms with Gasteiger partial charge in [-0.1, -0.05) is 35.9 Å². The van der Waals surface area contributed by atoms with Crippen molar-refractivity contribution in [2.75, 3.05) is 19.5 Å². The number of amides is 1. The molecule has 0 bridgehead atoms. The number of carbonyl (C=O) groups is 1. The van der Waals surface area contributed by atoms with Crippen molar-refractivity contribution in [2.24, 2.45) is 0 Å². The highest BCUT2D eigenvalue weighted by molar-refractivity contribution is 6.33. The molecule has 0 fully saturated rings. The number of likely N-dealkylation sites (N-methyl/N-ethyl adjacent to an activating group) is 1. The van der Waals surface area contributed by atoms with Crippen LogP contribution in [0.2, 0.25) is 5.02 Å². The summed E-state index contributed by atoms with van der Waals surface area (Å²) in [4.78, 5) is 14.4. The van der Waals surface area contributed by atoms with Crippen molar-refractivity contribution in [3.05, 3.63) is 59.1 Å². The van der Waals surface area contributed by atoms with Crippen molar-refractivity contribution in [3.8, 4) is 5.75 Å². The molecule has 2 aromatic rings. The number of hydrogen-bond acceptors (Lipinski definition) is 3. The summed E-state index contributed by atoms with van der Waals surface area (Å²) in [5, 5.41) is 3.39. The van der Waals surface area contributed by atoms with Crippen LogP contribution in [0.3, 0.4) is 0 Å². The van der Waals surface area contributed by atoms with Gasteiger partial charge in [-0.3, -0.25) is 9.69 Å². The molecule has 2 rings (SSSR count). The Morgan fingerprint density at radius 1 is 1.26 bits per heavy atom. The summed E-state index contributed by atoms with van der Waals surface area (Å²) in [5.41, 5.74) is 1.71. The largest absolute Gasteiger partial charge is 0.497 e. The van der Waals surface area contributed by atoms with Crippen LogP contribution in [0.15, 0.2) is 48.5 Å². The number of nitrogens with zero attached hydrogens (tertiary/aromatic N) is 1. The summed E-state index contributed by atoms with van der Waals surface area (Å²) in [6.07, 6.45) is 0. The van der Waals surface area contributed by atoms with Crippen LogP contribution in [0.1, 0.15) is 12.5 Å². The van der Waals surface area contributed by atoms with Crippen LogP contribution in [0.25, 0.3) is 0 Å². The van der Waals surface area contributed by atoms with Crippen LogP contribution in [0.4, 0.5) is 5.69 Å². The van der Waals surface area contributed by atoms with Crippen LogP contribution in [0, 0.1) is 0 Å². The number of rotatable bonds is 6.